The second kappa shape index (κ2) is 5.61. The second-order valence-corrected chi connectivity index (χ2v) is 7.25. The van der Waals surface area contributed by atoms with Crippen LogP contribution in [-0.4, -0.2) is 30.2 Å². The number of carbonyl (C=O) groups is 1. The average Bonchev–Trinajstić information content (AvgIpc) is 2.64. The molecule has 0 atom stereocenters. The molecule has 0 N–H and O–H groups in total. The standard InChI is InChI=1S/C14H15ClN2O3S/c1-9-12(14(15)17(2)16-9)8-13(18)10-5-4-6-11(7-10)21(3,19)20/h4-7H,8H2,1-3H3. The van der Waals surface area contributed by atoms with Gasteiger partial charge in [-0.05, 0) is 19.1 Å². The topological polar surface area (TPSA) is 69.0 Å². The van der Waals surface area contributed by atoms with Crippen LogP contribution in [0.3, 0.4) is 0 Å². The van der Waals surface area contributed by atoms with Gasteiger partial charge in [-0.25, -0.2) is 8.42 Å². The minimum Gasteiger partial charge on any atom is -0.294 e. The number of ketones is 1. The highest BCUT2D eigenvalue weighted by molar-refractivity contribution is 7.90. The Bertz CT molecular complexity index is 810. The summed E-state index contributed by atoms with van der Waals surface area (Å²) in [5.41, 5.74) is 1.70. The quantitative estimate of drug-likeness (QED) is 0.808. The molecular weight excluding hydrogens is 312 g/mol. The number of sulfone groups is 1. The molecule has 0 aliphatic heterocycles. The molecule has 0 saturated carbocycles. The van der Waals surface area contributed by atoms with Crippen molar-refractivity contribution in [2.24, 2.45) is 7.05 Å². The van der Waals surface area contributed by atoms with Crippen LogP contribution in [0.5, 0.6) is 0 Å². The Hall–Kier alpha value is -1.66. The zero-order valence-corrected chi connectivity index (χ0v) is 13.5. The average molecular weight is 327 g/mol. The highest BCUT2D eigenvalue weighted by atomic mass is 35.5. The SMILES string of the molecule is Cc1nn(C)c(Cl)c1CC(=O)c1cccc(S(C)(=O)=O)c1. The van der Waals surface area contributed by atoms with Crippen LogP contribution in [0, 0.1) is 6.92 Å². The van der Waals surface area contributed by atoms with E-state index in [9.17, 15) is 13.2 Å². The van der Waals surface area contributed by atoms with Crippen LogP contribution in [-0.2, 0) is 23.3 Å². The number of carbonyl (C=O) groups excluding carboxylic acids is 1. The third-order valence-electron chi connectivity index (χ3n) is 3.19. The number of aromatic nitrogens is 2. The number of Topliss-reactive ketones (excluding diaryl/α,β-unsaturated/α-hetero) is 1. The Morgan fingerprint density at radius 3 is 2.57 bits per heavy atom. The van der Waals surface area contributed by atoms with Gasteiger partial charge in [0.25, 0.3) is 0 Å². The minimum absolute atomic E-state index is 0.0890. The maximum atomic E-state index is 12.3. The zero-order valence-electron chi connectivity index (χ0n) is 11.9. The Balaban J connectivity index is 2.33. The first-order valence-corrected chi connectivity index (χ1v) is 8.48. The van der Waals surface area contributed by atoms with Gasteiger partial charge in [0, 0.05) is 30.9 Å². The first-order valence-electron chi connectivity index (χ1n) is 6.21. The molecule has 1 heterocycles. The van der Waals surface area contributed by atoms with Crippen molar-refractivity contribution in [3.05, 3.63) is 46.2 Å². The Kier molecular flexibility index (Phi) is 4.20. The molecule has 0 aliphatic rings. The fourth-order valence-corrected chi connectivity index (χ4v) is 2.95. The summed E-state index contributed by atoms with van der Waals surface area (Å²) in [6, 6.07) is 6.00. The van der Waals surface area contributed by atoms with Crippen LogP contribution in [0.4, 0.5) is 0 Å². The van der Waals surface area contributed by atoms with E-state index in [0.29, 0.717) is 22.0 Å². The lowest BCUT2D eigenvalue weighted by Gasteiger charge is -2.04. The number of nitrogens with zero attached hydrogens (tertiary/aromatic N) is 2. The van der Waals surface area contributed by atoms with Crippen molar-refractivity contribution in [2.75, 3.05) is 6.26 Å². The van der Waals surface area contributed by atoms with Gasteiger partial charge in [0.2, 0.25) is 0 Å². The molecule has 0 amide bonds. The summed E-state index contributed by atoms with van der Waals surface area (Å²) in [5.74, 6) is -0.196. The monoisotopic (exact) mass is 326 g/mol. The normalized spacial score (nSPS) is 11.6. The first-order chi connectivity index (χ1) is 9.70. The van der Waals surface area contributed by atoms with E-state index in [1.165, 1.54) is 16.8 Å². The van der Waals surface area contributed by atoms with Crippen LogP contribution in [0.25, 0.3) is 0 Å². The molecule has 0 aliphatic carbocycles. The van der Waals surface area contributed by atoms with Crippen LogP contribution >= 0.6 is 11.6 Å². The van der Waals surface area contributed by atoms with Gasteiger partial charge in [-0.1, -0.05) is 23.7 Å². The van der Waals surface area contributed by atoms with Gasteiger partial charge >= 0.3 is 0 Å². The van der Waals surface area contributed by atoms with Gasteiger partial charge in [-0.3, -0.25) is 9.48 Å². The third kappa shape index (κ3) is 3.33. The predicted molar refractivity (Wildman–Crippen MR) is 80.5 cm³/mol. The van der Waals surface area contributed by atoms with Crippen molar-refractivity contribution in [2.45, 2.75) is 18.2 Å². The van der Waals surface area contributed by atoms with Gasteiger partial charge in [0.05, 0.1) is 10.6 Å². The Morgan fingerprint density at radius 1 is 1.38 bits per heavy atom. The summed E-state index contributed by atoms with van der Waals surface area (Å²) in [6.07, 6.45) is 1.20. The summed E-state index contributed by atoms with van der Waals surface area (Å²) in [6.45, 7) is 1.78. The molecule has 0 spiro atoms. The molecule has 112 valence electrons. The number of rotatable bonds is 4. The zero-order chi connectivity index (χ0) is 15.8. The van der Waals surface area contributed by atoms with Gasteiger partial charge in [0.1, 0.15) is 5.15 Å². The largest absolute Gasteiger partial charge is 0.294 e. The highest BCUT2D eigenvalue weighted by Gasteiger charge is 2.17. The maximum Gasteiger partial charge on any atom is 0.175 e. The second-order valence-electron chi connectivity index (χ2n) is 4.88. The number of benzene rings is 1. The van der Waals surface area contributed by atoms with Gasteiger partial charge in [-0.2, -0.15) is 5.10 Å². The van der Waals surface area contributed by atoms with Gasteiger partial charge in [-0.15, -0.1) is 0 Å². The summed E-state index contributed by atoms with van der Waals surface area (Å²) in [5, 5.41) is 4.57. The first kappa shape index (κ1) is 15.7. The number of halogens is 1. The molecule has 1 aromatic heterocycles. The van der Waals surface area contributed by atoms with E-state index in [0.717, 1.165) is 6.26 Å². The highest BCUT2D eigenvalue weighted by Crippen LogP contribution is 2.21. The molecule has 0 bridgehead atoms. The van der Waals surface area contributed by atoms with E-state index >= 15 is 0 Å². The lowest BCUT2D eigenvalue weighted by atomic mass is 10.0. The van der Waals surface area contributed by atoms with Crippen molar-refractivity contribution in [1.29, 1.82) is 0 Å². The van der Waals surface area contributed by atoms with Crippen LogP contribution in [0.1, 0.15) is 21.6 Å². The summed E-state index contributed by atoms with van der Waals surface area (Å²) >= 11 is 6.10. The van der Waals surface area contributed by atoms with E-state index in [4.69, 9.17) is 11.6 Å². The van der Waals surface area contributed by atoms with Crippen molar-refractivity contribution < 1.29 is 13.2 Å². The fraction of sp³-hybridized carbons (Fsp3) is 0.286. The minimum atomic E-state index is -3.34. The molecular formula is C14H15ClN2O3S. The van der Waals surface area contributed by atoms with Gasteiger partial charge in [0.15, 0.2) is 15.6 Å². The van der Waals surface area contributed by atoms with Crippen molar-refractivity contribution in [3.63, 3.8) is 0 Å². The Labute approximate surface area is 128 Å². The number of hydrogen-bond donors (Lipinski definition) is 0. The molecule has 0 fully saturated rings. The predicted octanol–water partition coefficient (Wildman–Crippen LogP) is 2.21. The third-order valence-corrected chi connectivity index (χ3v) is 4.77. The summed E-state index contributed by atoms with van der Waals surface area (Å²) < 4.78 is 24.6. The summed E-state index contributed by atoms with van der Waals surface area (Å²) in [7, 11) is -1.64. The molecule has 0 radical (unpaired) electrons. The van der Waals surface area contributed by atoms with E-state index < -0.39 is 9.84 Å². The molecule has 7 heteroatoms. The summed E-state index contributed by atoms with van der Waals surface area (Å²) in [4.78, 5) is 12.4. The van der Waals surface area contributed by atoms with Crippen molar-refractivity contribution in [1.82, 2.24) is 9.78 Å². The van der Waals surface area contributed by atoms with E-state index in [1.54, 1.807) is 26.1 Å². The van der Waals surface area contributed by atoms with E-state index in [1.807, 2.05) is 0 Å². The number of aryl methyl sites for hydroxylation is 2. The molecule has 5 nitrogen and oxygen atoms in total. The lowest BCUT2D eigenvalue weighted by Crippen LogP contribution is -2.06. The Morgan fingerprint density at radius 2 is 2.05 bits per heavy atom. The lowest BCUT2D eigenvalue weighted by molar-refractivity contribution is 0.0992. The smallest absolute Gasteiger partial charge is 0.175 e. The van der Waals surface area contributed by atoms with Crippen molar-refractivity contribution in [3.8, 4) is 0 Å². The fourth-order valence-electron chi connectivity index (χ4n) is 2.04. The van der Waals surface area contributed by atoms with E-state index in [2.05, 4.69) is 5.10 Å². The van der Waals surface area contributed by atoms with Crippen LogP contribution < -0.4 is 0 Å². The molecule has 2 aromatic rings. The molecule has 21 heavy (non-hydrogen) atoms. The van der Waals surface area contributed by atoms with Crippen molar-refractivity contribution >= 4 is 27.2 Å². The molecule has 2 rings (SSSR count). The van der Waals surface area contributed by atoms with Crippen LogP contribution in [0.2, 0.25) is 5.15 Å². The van der Waals surface area contributed by atoms with E-state index in [-0.39, 0.29) is 17.1 Å². The maximum absolute atomic E-state index is 12.3. The van der Waals surface area contributed by atoms with Gasteiger partial charge < -0.3 is 0 Å². The van der Waals surface area contributed by atoms with Crippen LogP contribution in [0.15, 0.2) is 29.2 Å². The molecule has 0 unspecified atom stereocenters. The molecule has 1 aromatic carbocycles. The number of hydrogen-bond acceptors (Lipinski definition) is 4. The molecule has 0 saturated heterocycles.